The van der Waals surface area contributed by atoms with Crippen LogP contribution in [0, 0.1) is 10.7 Å². The van der Waals surface area contributed by atoms with Crippen molar-refractivity contribution >= 4 is 40.7 Å². The maximum atomic E-state index is 11.4. The lowest BCUT2D eigenvalue weighted by atomic mass is 10.1. The number of Topliss-reactive ketones (excluding diaryl/α,β-unsaturated/α-hetero) is 1. The second-order valence-electron chi connectivity index (χ2n) is 2.43. The first-order valence-electron chi connectivity index (χ1n) is 3.64. The van der Waals surface area contributed by atoms with E-state index < -0.39 is 0 Å². The summed E-state index contributed by atoms with van der Waals surface area (Å²) in [6.45, 7) is 0. The van der Waals surface area contributed by atoms with E-state index in [4.69, 9.17) is 28.5 Å². The van der Waals surface area contributed by atoms with E-state index in [0.717, 1.165) is 11.8 Å². The third-order valence-electron chi connectivity index (χ3n) is 1.51. The molecule has 0 aliphatic heterocycles. The molecular weight excluding hydrogens is 241 g/mol. The van der Waals surface area contributed by atoms with Gasteiger partial charge in [0.2, 0.25) is 0 Å². The van der Waals surface area contributed by atoms with Crippen LogP contribution in [0.1, 0.15) is 10.4 Å². The zero-order valence-electron chi connectivity index (χ0n) is 6.96. The van der Waals surface area contributed by atoms with Gasteiger partial charge in [0, 0.05) is 5.56 Å². The highest BCUT2D eigenvalue weighted by atomic mass is 35.5. The average molecular weight is 246 g/mol. The highest BCUT2D eigenvalue weighted by Gasteiger charge is 2.07. The minimum absolute atomic E-state index is 0.130. The Balaban J connectivity index is 2.82. The fourth-order valence-corrected chi connectivity index (χ4v) is 1.51. The van der Waals surface area contributed by atoms with Crippen LogP contribution in [0.15, 0.2) is 18.2 Å². The number of hydrogen-bond acceptors (Lipinski definition) is 3. The molecule has 2 nitrogen and oxygen atoms in total. The summed E-state index contributed by atoms with van der Waals surface area (Å²) in [4.78, 5) is 11.4. The van der Waals surface area contributed by atoms with Gasteiger partial charge >= 0.3 is 0 Å². The SMILES string of the molecule is N#CSCC(=O)c1ccc(Cl)c(Cl)c1. The van der Waals surface area contributed by atoms with Crippen LogP contribution in [0.3, 0.4) is 0 Å². The first-order valence-corrected chi connectivity index (χ1v) is 5.38. The van der Waals surface area contributed by atoms with Gasteiger partial charge in [-0.2, -0.15) is 5.26 Å². The smallest absolute Gasteiger partial charge is 0.173 e. The number of hydrogen-bond donors (Lipinski definition) is 0. The third-order valence-corrected chi connectivity index (χ3v) is 2.78. The van der Waals surface area contributed by atoms with Gasteiger partial charge in [-0.25, -0.2) is 0 Å². The molecule has 14 heavy (non-hydrogen) atoms. The second-order valence-corrected chi connectivity index (χ2v) is 4.01. The molecule has 0 aliphatic rings. The lowest BCUT2D eigenvalue weighted by Crippen LogP contribution is -2.01. The van der Waals surface area contributed by atoms with Gasteiger partial charge in [0.15, 0.2) is 5.78 Å². The normalized spacial score (nSPS) is 9.50. The highest BCUT2D eigenvalue weighted by Crippen LogP contribution is 2.23. The molecule has 0 aromatic heterocycles. The van der Waals surface area contributed by atoms with Crippen molar-refractivity contribution in [3.05, 3.63) is 33.8 Å². The fraction of sp³-hybridized carbons (Fsp3) is 0.111. The number of rotatable bonds is 3. The Labute approximate surface area is 95.8 Å². The number of thioether (sulfide) groups is 1. The number of nitriles is 1. The largest absolute Gasteiger partial charge is 0.293 e. The van der Waals surface area contributed by atoms with Crippen molar-refractivity contribution in [2.75, 3.05) is 5.75 Å². The summed E-state index contributed by atoms with van der Waals surface area (Å²) in [6, 6.07) is 4.66. The topological polar surface area (TPSA) is 40.9 Å². The van der Waals surface area contributed by atoms with Crippen molar-refractivity contribution < 1.29 is 4.79 Å². The van der Waals surface area contributed by atoms with E-state index in [1.54, 1.807) is 12.1 Å². The Kier molecular flexibility index (Phi) is 4.27. The molecule has 5 heteroatoms. The number of nitrogens with zero attached hydrogens (tertiary/aromatic N) is 1. The molecule has 0 fully saturated rings. The molecule has 1 rings (SSSR count). The molecule has 0 heterocycles. The van der Waals surface area contributed by atoms with Crippen molar-refractivity contribution in [3.8, 4) is 5.40 Å². The Morgan fingerprint density at radius 3 is 2.71 bits per heavy atom. The predicted molar refractivity (Wildman–Crippen MR) is 58.9 cm³/mol. The van der Waals surface area contributed by atoms with Crippen LogP contribution in [0.25, 0.3) is 0 Å². The molecule has 72 valence electrons. The van der Waals surface area contributed by atoms with Crippen molar-refractivity contribution in [1.82, 2.24) is 0 Å². The monoisotopic (exact) mass is 245 g/mol. The zero-order chi connectivity index (χ0) is 10.6. The first-order chi connectivity index (χ1) is 6.65. The molecule has 0 spiro atoms. The summed E-state index contributed by atoms with van der Waals surface area (Å²) < 4.78 is 0. The van der Waals surface area contributed by atoms with Gasteiger partial charge in [-0.3, -0.25) is 4.79 Å². The number of thiocyanates is 1. The zero-order valence-corrected chi connectivity index (χ0v) is 9.29. The molecule has 0 N–H and O–H groups in total. The van der Waals surface area contributed by atoms with Gasteiger partial charge in [-0.05, 0) is 30.0 Å². The summed E-state index contributed by atoms with van der Waals surface area (Å²) in [5.74, 6) is 0.00387. The number of ketones is 1. The highest BCUT2D eigenvalue weighted by molar-refractivity contribution is 8.04. The summed E-state index contributed by atoms with van der Waals surface area (Å²) >= 11 is 12.3. The van der Waals surface area contributed by atoms with Crippen LogP contribution in [0.5, 0.6) is 0 Å². The molecule has 1 aromatic rings. The Bertz CT molecular complexity index is 400. The van der Waals surface area contributed by atoms with E-state index in [0.29, 0.717) is 15.6 Å². The van der Waals surface area contributed by atoms with Crippen LogP contribution in [-0.4, -0.2) is 11.5 Å². The van der Waals surface area contributed by atoms with Crippen LogP contribution in [0.4, 0.5) is 0 Å². The number of carbonyl (C=O) groups excluding carboxylic acids is 1. The minimum atomic E-state index is -0.130. The molecule has 0 aliphatic carbocycles. The van der Waals surface area contributed by atoms with E-state index in [-0.39, 0.29) is 11.5 Å². The number of benzene rings is 1. The average Bonchev–Trinajstić information content (AvgIpc) is 2.18. The van der Waals surface area contributed by atoms with Crippen LogP contribution in [0.2, 0.25) is 10.0 Å². The molecule has 0 radical (unpaired) electrons. The Morgan fingerprint density at radius 1 is 1.43 bits per heavy atom. The van der Waals surface area contributed by atoms with E-state index in [2.05, 4.69) is 0 Å². The molecule has 0 saturated carbocycles. The molecule has 0 saturated heterocycles. The van der Waals surface area contributed by atoms with Gasteiger partial charge in [0.05, 0.1) is 15.8 Å². The molecular formula is C9H5Cl2NOS. The van der Waals surface area contributed by atoms with Crippen molar-refractivity contribution in [2.45, 2.75) is 0 Å². The predicted octanol–water partition coefficient (Wildman–Crippen LogP) is 3.39. The molecule has 0 atom stereocenters. The van der Waals surface area contributed by atoms with Gasteiger partial charge in [-0.1, -0.05) is 23.2 Å². The number of halogens is 2. The summed E-state index contributed by atoms with van der Waals surface area (Å²) in [6.07, 6.45) is 0. The summed E-state index contributed by atoms with van der Waals surface area (Å²) in [5.41, 5.74) is 0.474. The Hall–Kier alpha value is -0.690. The van der Waals surface area contributed by atoms with Crippen molar-refractivity contribution in [2.24, 2.45) is 0 Å². The van der Waals surface area contributed by atoms with Crippen LogP contribution < -0.4 is 0 Å². The van der Waals surface area contributed by atoms with E-state index in [1.807, 2.05) is 5.40 Å². The number of carbonyl (C=O) groups is 1. The maximum absolute atomic E-state index is 11.4. The van der Waals surface area contributed by atoms with Gasteiger partial charge in [0.25, 0.3) is 0 Å². The van der Waals surface area contributed by atoms with Gasteiger partial charge in [-0.15, -0.1) is 0 Å². The molecule has 0 amide bonds. The Morgan fingerprint density at radius 2 is 2.14 bits per heavy atom. The van der Waals surface area contributed by atoms with Crippen molar-refractivity contribution in [3.63, 3.8) is 0 Å². The van der Waals surface area contributed by atoms with Crippen LogP contribution in [-0.2, 0) is 0 Å². The molecule has 1 aromatic carbocycles. The van der Waals surface area contributed by atoms with Crippen molar-refractivity contribution in [1.29, 1.82) is 5.26 Å². The fourth-order valence-electron chi connectivity index (χ4n) is 0.851. The maximum Gasteiger partial charge on any atom is 0.173 e. The molecule has 0 unspecified atom stereocenters. The van der Waals surface area contributed by atoms with E-state index in [9.17, 15) is 4.79 Å². The standard InChI is InChI=1S/C9H5Cl2NOS/c10-7-2-1-6(3-8(7)11)9(13)4-14-5-12/h1-3H,4H2. The summed E-state index contributed by atoms with van der Waals surface area (Å²) in [5, 5.41) is 10.9. The minimum Gasteiger partial charge on any atom is -0.293 e. The second kappa shape index (κ2) is 5.26. The van der Waals surface area contributed by atoms with Gasteiger partial charge in [0.1, 0.15) is 5.40 Å². The summed E-state index contributed by atoms with van der Waals surface area (Å²) in [7, 11) is 0. The van der Waals surface area contributed by atoms with E-state index >= 15 is 0 Å². The molecule has 0 bridgehead atoms. The van der Waals surface area contributed by atoms with Crippen LogP contribution >= 0.6 is 35.0 Å². The lowest BCUT2D eigenvalue weighted by molar-refractivity contribution is 0.102. The van der Waals surface area contributed by atoms with Gasteiger partial charge < -0.3 is 0 Å². The lowest BCUT2D eigenvalue weighted by Gasteiger charge is -1.99. The quantitative estimate of drug-likeness (QED) is 0.606. The van der Waals surface area contributed by atoms with E-state index in [1.165, 1.54) is 6.07 Å². The third kappa shape index (κ3) is 2.91. The first kappa shape index (κ1) is 11.4.